The Morgan fingerprint density at radius 3 is 2.27 bits per heavy atom. The molecule has 0 saturated carbocycles. The van der Waals surface area contributed by atoms with E-state index in [-0.39, 0.29) is 5.41 Å². The molecule has 0 bridgehead atoms. The second-order valence-electron chi connectivity index (χ2n) is 7.85. The van der Waals surface area contributed by atoms with Gasteiger partial charge in [0.2, 0.25) is 0 Å². The van der Waals surface area contributed by atoms with E-state index in [9.17, 15) is 5.11 Å². The summed E-state index contributed by atoms with van der Waals surface area (Å²) in [6.45, 7) is 11.6. The number of aliphatic hydroxyl groups is 1. The minimum Gasteiger partial charge on any atom is -0.389 e. The fourth-order valence-corrected chi connectivity index (χ4v) is 3.18. The Morgan fingerprint density at radius 1 is 1.14 bits per heavy atom. The van der Waals surface area contributed by atoms with Gasteiger partial charge in [0.15, 0.2) is 0 Å². The first-order valence-corrected chi connectivity index (χ1v) is 8.47. The van der Waals surface area contributed by atoms with Gasteiger partial charge >= 0.3 is 0 Å². The molecule has 1 aromatic rings. The molecule has 124 valence electrons. The highest BCUT2D eigenvalue weighted by Gasteiger charge is 2.42. The second kappa shape index (κ2) is 7.12. The van der Waals surface area contributed by atoms with Crippen LogP contribution < -0.4 is 0 Å². The van der Waals surface area contributed by atoms with E-state index in [1.165, 1.54) is 5.56 Å². The monoisotopic (exact) mass is 304 g/mol. The maximum absolute atomic E-state index is 10.8. The molecule has 0 unspecified atom stereocenters. The van der Waals surface area contributed by atoms with Crippen LogP contribution in [0.2, 0.25) is 0 Å². The molecule has 3 heteroatoms. The average molecular weight is 304 g/mol. The number of piperidine rings is 1. The SMILES string of the molecule is CN(CCN1CCC(O)(C(C)(C)C)CC1)Cc1ccccc1. The van der Waals surface area contributed by atoms with Crippen molar-refractivity contribution in [3.63, 3.8) is 0 Å². The van der Waals surface area contributed by atoms with Crippen molar-refractivity contribution >= 4 is 0 Å². The Bertz CT molecular complexity index is 444. The smallest absolute Gasteiger partial charge is 0.0720 e. The third-order valence-electron chi connectivity index (χ3n) is 5.17. The first-order valence-electron chi connectivity index (χ1n) is 8.47. The van der Waals surface area contributed by atoms with Gasteiger partial charge in [-0.3, -0.25) is 0 Å². The van der Waals surface area contributed by atoms with Gasteiger partial charge in [-0.15, -0.1) is 0 Å². The van der Waals surface area contributed by atoms with E-state index >= 15 is 0 Å². The van der Waals surface area contributed by atoms with E-state index in [0.29, 0.717) is 0 Å². The summed E-state index contributed by atoms with van der Waals surface area (Å²) < 4.78 is 0. The zero-order chi connectivity index (χ0) is 16.2. The topological polar surface area (TPSA) is 26.7 Å². The summed E-state index contributed by atoms with van der Waals surface area (Å²) in [5.74, 6) is 0. The number of nitrogens with zero attached hydrogens (tertiary/aromatic N) is 2. The third kappa shape index (κ3) is 4.55. The fourth-order valence-electron chi connectivity index (χ4n) is 3.18. The standard InChI is InChI=1S/C19H32N2O/c1-18(2,3)19(22)10-12-21(13-11-19)15-14-20(4)16-17-8-6-5-7-9-17/h5-9,22H,10-16H2,1-4H3. The molecule has 1 aliphatic rings. The lowest BCUT2D eigenvalue weighted by molar-refractivity contribution is -0.0991. The molecule has 0 spiro atoms. The second-order valence-corrected chi connectivity index (χ2v) is 7.85. The molecule has 22 heavy (non-hydrogen) atoms. The summed E-state index contributed by atoms with van der Waals surface area (Å²) in [4.78, 5) is 4.86. The molecule has 1 heterocycles. The van der Waals surface area contributed by atoms with Gasteiger partial charge in [-0.1, -0.05) is 51.1 Å². The van der Waals surface area contributed by atoms with Crippen LogP contribution >= 0.6 is 0 Å². The molecule has 0 amide bonds. The fraction of sp³-hybridized carbons (Fsp3) is 0.684. The maximum Gasteiger partial charge on any atom is 0.0720 e. The van der Waals surface area contributed by atoms with Crippen molar-refractivity contribution in [3.05, 3.63) is 35.9 Å². The van der Waals surface area contributed by atoms with Crippen LogP contribution in [0.5, 0.6) is 0 Å². The Labute approximate surface area is 135 Å². The van der Waals surface area contributed by atoms with Crippen molar-refractivity contribution in [2.45, 2.75) is 45.8 Å². The highest BCUT2D eigenvalue weighted by molar-refractivity contribution is 5.14. The minimum atomic E-state index is -0.501. The van der Waals surface area contributed by atoms with Gasteiger partial charge in [0.05, 0.1) is 5.60 Å². The van der Waals surface area contributed by atoms with E-state index in [0.717, 1.165) is 45.6 Å². The van der Waals surface area contributed by atoms with E-state index in [1.54, 1.807) is 0 Å². The Balaban J connectivity index is 1.73. The minimum absolute atomic E-state index is 0.0246. The summed E-state index contributed by atoms with van der Waals surface area (Å²) in [5, 5.41) is 10.8. The predicted molar refractivity (Wildman–Crippen MR) is 92.9 cm³/mol. The maximum atomic E-state index is 10.8. The molecule has 1 aromatic carbocycles. The van der Waals surface area contributed by atoms with E-state index in [2.05, 4.69) is 68.0 Å². The molecule has 0 aromatic heterocycles. The van der Waals surface area contributed by atoms with Crippen LogP contribution in [0.15, 0.2) is 30.3 Å². The zero-order valence-electron chi connectivity index (χ0n) is 14.7. The molecule has 1 aliphatic heterocycles. The molecule has 1 fully saturated rings. The van der Waals surface area contributed by atoms with Crippen molar-refractivity contribution in [3.8, 4) is 0 Å². The van der Waals surface area contributed by atoms with Gasteiger partial charge in [0, 0.05) is 32.7 Å². The number of hydrogen-bond acceptors (Lipinski definition) is 3. The quantitative estimate of drug-likeness (QED) is 0.906. The lowest BCUT2D eigenvalue weighted by atomic mass is 9.71. The van der Waals surface area contributed by atoms with E-state index < -0.39 is 5.60 Å². The van der Waals surface area contributed by atoms with Crippen LogP contribution in [-0.2, 0) is 6.54 Å². The summed E-state index contributed by atoms with van der Waals surface area (Å²) in [6, 6.07) is 10.6. The van der Waals surface area contributed by atoms with Gasteiger partial charge in [0.1, 0.15) is 0 Å². The molecular formula is C19H32N2O. The number of likely N-dealkylation sites (N-methyl/N-ethyl adjacent to an activating group) is 1. The first-order chi connectivity index (χ1) is 10.3. The Hall–Kier alpha value is -0.900. The largest absolute Gasteiger partial charge is 0.389 e. The normalized spacial score (nSPS) is 19.5. The number of rotatable bonds is 5. The molecule has 1 saturated heterocycles. The Morgan fingerprint density at radius 2 is 1.73 bits per heavy atom. The summed E-state index contributed by atoms with van der Waals surface area (Å²) in [7, 11) is 2.18. The van der Waals surface area contributed by atoms with Gasteiger partial charge in [-0.2, -0.15) is 0 Å². The lowest BCUT2D eigenvalue weighted by Crippen LogP contribution is -2.52. The number of hydrogen-bond donors (Lipinski definition) is 1. The van der Waals surface area contributed by atoms with E-state index in [1.807, 2.05) is 0 Å². The molecule has 1 N–H and O–H groups in total. The Kier molecular flexibility index (Phi) is 5.65. The molecule has 0 atom stereocenters. The van der Waals surface area contributed by atoms with Crippen LogP contribution in [0.3, 0.4) is 0 Å². The van der Waals surface area contributed by atoms with E-state index in [4.69, 9.17) is 0 Å². The van der Waals surface area contributed by atoms with Crippen molar-refractivity contribution in [2.75, 3.05) is 33.2 Å². The summed E-state index contributed by atoms with van der Waals surface area (Å²) in [6.07, 6.45) is 1.78. The molecular weight excluding hydrogens is 272 g/mol. The van der Waals surface area contributed by atoms with Crippen LogP contribution in [0.1, 0.15) is 39.2 Å². The van der Waals surface area contributed by atoms with Crippen LogP contribution in [0.4, 0.5) is 0 Å². The molecule has 2 rings (SSSR count). The summed E-state index contributed by atoms with van der Waals surface area (Å²) >= 11 is 0. The highest BCUT2D eigenvalue weighted by atomic mass is 16.3. The van der Waals surface area contributed by atoms with Gasteiger partial charge in [-0.25, -0.2) is 0 Å². The van der Waals surface area contributed by atoms with Crippen molar-refractivity contribution < 1.29 is 5.11 Å². The third-order valence-corrected chi connectivity index (χ3v) is 5.17. The van der Waals surface area contributed by atoms with Crippen molar-refractivity contribution in [1.82, 2.24) is 9.80 Å². The highest BCUT2D eigenvalue weighted by Crippen LogP contribution is 2.38. The predicted octanol–water partition coefficient (Wildman–Crippen LogP) is 2.99. The summed E-state index contributed by atoms with van der Waals surface area (Å²) in [5.41, 5.74) is 0.841. The van der Waals surface area contributed by atoms with Gasteiger partial charge in [0.25, 0.3) is 0 Å². The molecule has 0 radical (unpaired) electrons. The van der Waals surface area contributed by atoms with Gasteiger partial charge in [-0.05, 0) is 30.9 Å². The van der Waals surface area contributed by atoms with Crippen LogP contribution in [0, 0.1) is 5.41 Å². The molecule has 3 nitrogen and oxygen atoms in total. The average Bonchev–Trinajstić information content (AvgIpc) is 2.47. The van der Waals surface area contributed by atoms with Gasteiger partial charge < -0.3 is 14.9 Å². The van der Waals surface area contributed by atoms with Crippen LogP contribution in [0.25, 0.3) is 0 Å². The number of likely N-dealkylation sites (tertiary alicyclic amines) is 1. The van der Waals surface area contributed by atoms with Crippen LogP contribution in [-0.4, -0.2) is 53.7 Å². The van der Waals surface area contributed by atoms with Crippen molar-refractivity contribution in [1.29, 1.82) is 0 Å². The lowest BCUT2D eigenvalue weighted by Gasteiger charge is -2.46. The molecule has 0 aliphatic carbocycles. The zero-order valence-corrected chi connectivity index (χ0v) is 14.7. The number of benzene rings is 1. The van der Waals surface area contributed by atoms with Crippen molar-refractivity contribution in [2.24, 2.45) is 5.41 Å². The first kappa shape index (κ1) is 17.5.